The molecule has 1 saturated heterocycles. The summed E-state index contributed by atoms with van der Waals surface area (Å²) in [6, 6.07) is 12.0. The second kappa shape index (κ2) is 7.66. The Hall–Kier alpha value is -2.83. The number of hydrogen-bond acceptors (Lipinski definition) is 2. The Morgan fingerprint density at radius 2 is 1.82 bits per heavy atom. The minimum atomic E-state index is -4.49. The van der Waals surface area contributed by atoms with Crippen molar-refractivity contribution in [2.24, 2.45) is 5.92 Å². The number of nitrogens with one attached hydrogen (secondary N) is 1. The molecule has 148 valence electrons. The maximum Gasteiger partial charge on any atom is 0.416 e. The largest absolute Gasteiger partial charge is 0.416 e. The predicted molar refractivity (Wildman–Crippen MR) is 101 cm³/mol. The van der Waals surface area contributed by atoms with Crippen LogP contribution in [0.5, 0.6) is 0 Å². The van der Waals surface area contributed by atoms with Crippen LogP contribution in [-0.2, 0) is 15.8 Å². The molecule has 2 amide bonds. The Bertz CT molecular complexity index is 876. The SMILES string of the molecule is CC(C)c1ccc(NC(=O)[C@@H]2CC(=O)N(c3cccc(C(F)(F)F)c3)C2)cc1. The molecule has 1 fully saturated rings. The smallest absolute Gasteiger partial charge is 0.326 e. The third-order valence-corrected chi connectivity index (χ3v) is 4.83. The van der Waals surface area contributed by atoms with Crippen molar-refractivity contribution in [1.82, 2.24) is 0 Å². The van der Waals surface area contributed by atoms with Gasteiger partial charge in [0.25, 0.3) is 0 Å². The zero-order valence-corrected chi connectivity index (χ0v) is 15.6. The van der Waals surface area contributed by atoms with E-state index >= 15 is 0 Å². The number of nitrogens with zero attached hydrogens (tertiary/aromatic N) is 1. The molecule has 3 rings (SSSR count). The highest BCUT2D eigenvalue weighted by Crippen LogP contribution is 2.33. The van der Waals surface area contributed by atoms with Crippen molar-refractivity contribution in [3.8, 4) is 0 Å². The van der Waals surface area contributed by atoms with E-state index in [0.717, 1.165) is 17.7 Å². The van der Waals surface area contributed by atoms with Gasteiger partial charge >= 0.3 is 6.18 Å². The van der Waals surface area contributed by atoms with Crippen molar-refractivity contribution in [1.29, 1.82) is 0 Å². The minimum Gasteiger partial charge on any atom is -0.326 e. The van der Waals surface area contributed by atoms with E-state index in [2.05, 4.69) is 19.2 Å². The molecular formula is C21H21F3N2O2. The van der Waals surface area contributed by atoms with Crippen molar-refractivity contribution in [3.63, 3.8) is 0 Å². The van der Waals surface area contributed by atoms with Gasteiger partial charge in [-0.2, -0.15) is 13.2 Å². The van der Waals surface area contributed by atoms with E-state index in [0.29, 0.717) is 11.6 Å². The van der Waals surface area contributed by atoms with Crippen molar-refractivity contribution >= 4 is 23.2 Å². The van der Waals surface area contributed by atoms with Gasteiger partial charge in [0.2, 0.25) is 11.8 Å². The van der Waals surface area contributed by atoms with Crippen LogP contribution in [0.25, 0.3) is 0 Å². The predicted octanol–water partition coefficient (Wildman–Crippen LogP) is 4.82. The highest BCUT2D eigenvalue weighted by Gasteiger charge is 2.37. The Kier molecular flexibility index (Phi) is 5.45. The average molecular weight is 390 g/mol. The average Bonchev–Trinajstić information content (AvgIpc) is 3.03. The van der Waals surface area contributed by atoms with Gasteiger partial charge in [0, 0.05) is 24.3 Å². The van der Waals surface area contributed by atoms with E-state index < -0.39 is 17.7 Å². The molecule has 4 nitrogen and oxygen atoms in total. The van der Waals surface area contributed by atoms with E-state index in [9.17, 15) is 22.8 Å². The summed E-state index contributed by atoms with van der Waals surface area (Å²) in [5, 5.41) is 2.78. The molecule has 2 aromatic rings. The molecule has 0 bridgehead atoms. The zero-order chi connectivity index (χ0) is 20.5. The fraction of sp³-hybridized carbons (Fsp3) is 0.333. The molecular weight excluding hydrogens is 369 g/mol. The first-order chi connectivity index (χ1) is 13.1. The summed E-state index contributed by atoms with van der Waals surface area (Å²) in [4.78, 5) is 26.0. The lowest BCUT2D eigenvalue weighted by molar-refractivity contribution is -0.137. The lowest BCUT2D eigenvalue weighted by Crippen LogP contribution is -2.28. The number of rotatable bonds is 4. The Morgan fingerprint density at radius 1 is 1.14 bits per heavy atom. The Labute approximate surface area is 161 Å². The maximum absolute atomic E-state index is 12.9. The lowest BCUT2D eigenvalue weighted by Gasteiger charge is -2.18. The third kappa shape index (κ3) is 4.35. The number of anilines is 2. The molecule has 1 aliphatic rings. The summed E-state index contributed by atoms with van der Waals surface area (Å²) < 4.78 is 38.7. The number of carbonyl (C=O) groups excluding carboxylic acids is 2. The molecule has 0 aromatic heterocycles. The quantitative estimate of drug-likeness (QED) is 0.814. The van der Waals surface area contributed by atoms with Crippen molar-refractivity contribution in [2.75, 3.05) is 16.8 Å². The highest BCUT2D eigenvalue weighted by molar-refractivity contribution is 6.03. The van der Waals surface area contributed by atoms with Gasteiger partial charge in [-0.25, -0.2) is 0 Å². The first-order valence-electron chi connectivity index (χ1n) is 9.03. The van der Waals surface area contributed by atoms with Gasteiger partial charge in [-0.3, -0.25) is 9.59 Å². The first-order valence-corrected chi connectivity index (χ1v) is 9.03. The van der Waals surface area contributed by atoms with E-state index in [1.165, 1.54) is 17.0 Å². The van der Waals surface area contributed by atoms with Crippen LogP contribution >= 0.6 is 0 Å². The second-order valence-corrected chi connectivity index (χ2v) is 7.22. The normalized spacial score (nSPS) is 17.3. The monoisotopic (exact) mass is 390 g/mol. The van der Waals surface area contributed by atoms with Gasteiger partial charge in [0.1, 0.15) is 0 Å². The fourth-order valence-corrected chi connectivity index (χ4v) is 3.18. The molecule has 0 radical (unpaired) electrons. The number of carbonyl (C=O) groups is 2. The van der Waals surface area contributed by atoms with Crippen LogP contribution < -0.4 is 10.2 Å². The highest BCUT2D eigenvalue weighted by atomic mass is 19.4. The zero-order valence-electron chi connectivity index (χ0n) is 15.6. The van der Waals surface area contributed by atoms with Gasteiger partial charge in [0.15, 0.2) is 0 Å². The van der Waals surface area contributed by atoms with Crippen molar-refractivity contribution in [2.45, 2.75) is 32.4 Å². The fourth-order valence-electron chi connectivity index (χ4n) is 3.18. The summed E-state index contributed by atoms with van der Waals surface area (Å²) in [5.74, 6) is -0.931. The van der Waals surface area contributed by atoms with Crippen LogP contribution in [0.3, 0.4) is 0 Å². The number of benzene rings is 2. The minimum absolute atomic E-state index is 0.0356. The molecule has 0 spiro atoms. The third-order valence-electron chi connectivity index (χ3n) is 4.83. The summed E-state index contributed by atoms with van der Waals surface area (Å²) in [7, 11) is 0. The van der Waals surface area contributed by atoms with Crippen molar-refractivity contribution < 1.29 is 22.8 Å². The van der Waals surface area contributed by atoms with Gasteiger partial charge < -0.3 is 10.2 Å². The summed E-state index contributed by atoms with van der Waals surface area (Å²) in [6.07, 6.45) is -4.52. The first kappa shape index (κ1) is 19.9. The van der Waals surface area contributed by atoms with Crippen molar-refractivity contribution in [3.05, 3.63) is 59.7 Å². The molecule has 7 heteroatoms. The van der Waals surface area contributed by atoms with Gasteiger partial charge in [-0.15, -0.1) is 0 Å². The number of halogens is 3. The van der Waals surface area contributed by atoms with Crippen LogP contribution in [0.15, 0.2) is 48.5 Å². The molecule has 0 unspecified atom stereocenters. The van der Waals surface area contributed by atoms with E-state index in [1.807, 2.05) is 12.1 Å². The van der Waals surface area contributed by atoms with Crippen LogP contribution in [0.2, 0.25) is 0 Å². The molecule has 1 atom stereocenters. The van der Waals surface area contributed by atoms with Gasteiger partial charge in [-0.05, 0) is 41.8 Å². The summed E-state index contributed by atoms with van der Waals surface area (Å²) in [6.45, 7) is 4.19. The number of hydrogen-bond donors (Lipinski definition) is 1. The van der Waals surface area contributed by atoms with Gasteiger partial charge in [0.05, 0.1) is 11.5 Å². The standard InChI is InChI=1S/C21H21F3N2O2/c1-13(2)14-6-8-17(9-7-14)25-20(28)15-10-19(27)26(12-15)18-5-3-4-16(11-18)21(22,23)24/h3-9,11,13,15H,10,12H2,1-2H3,(H,25,28)/t15-/m1/s1. The molecule has 2 aromatic carbocycles. The topological polar surface area (TPSA) is 49.4 Å². The Morgan fingerprint density at radius 3 is 2.43 bits per heavy atom. The van der Waals surface area contributed by atoms with E-state index in [1.54, 1.807) is 12.1 Å². The lowest BCUT2D eigenvalue weighted by atomic mass is 10.0. The molecule has 0 aliphatic carbocycles. The maximum atomic E-state index is 12.9. The second-order valence-electron chi connectivity index (χ2n) is 7.22. The van der Waals surface area contributed by atoms with Crippen LogP contribution in [0.1, 0.15) is 37.3 Å². The summed E-state index contributed by atoms with van der Waals surface area (Å²) in [5.41, 5.74) is 1.09. The van der Waals surface area contributed by atoms with Crippen LogP contribution in [0, 0.1) is 5.92 Å². The van der Waals surface area contributed by atoms with E-state index in [4.69, 9.17) is 0 Å². The molecule has 1 N–H and O–H groups in total. The molecule has 28 heavy (non-hydrogen) atoms. The number of amides is 2. The number of alkyl halides is 3. The Balaban J connectivity index is 1.69. The molecule has 0 saturated carbocycles. The summed E-state index contributed by atoms with van der Waals surface area (Å²) >= 11 is 0. The molecule has 1 heterocycles. The van der Waals surface area contributed by atoms with E-state index in [-0.39, 0.29) is 30.5 Å². The molecule has 1 aliphatic heterocycles. The van der Waals surface area contributed by atoms with Crippen LogP contribution in [-0.4, -0.2) is 18.4 Å². The van der Waals surface area contributed by atoms with Crippen LogP contribution in [0.4, 0.5) is 24.5 Å². The van der Waals surface area contributed by atoms with Gasteiger partial charge in [-0.1, -0.05) is 32.0 Å².